The number of aryl methyl sites for hydroxylation is 1. The predicted molar refractivity (Wildman–Crippen MR) is 64.8 cm³/mol. The summed E-state index contributed by atoms with van der Waals surface area (Å²) in [5, 5.41) is 0. The third kappa shape index (κ3) is 1.88. The van der Waals surface area contributed by atoms with E-state index in [9.17, 15) is 14.4 Å². The molecule has 1 heterocycles. The van der Waals surface area contributed by atoms with Crippen LogP contribution in [-0.4, -0.2) is 25.2 Å². The van der Waals surface area contributed by atoms with Gasteiger partial charge in [-0.2, -0.15) is 0 Å². The summed E-state index contributed by atoms with van der Waals surface area (Å²) >= 11 is 0. The molecule has 0 atom stereocenters. The third-order valence-corrected chi connectivity index (χ3v) is 2.96. The molecule has 18 heavy (non-hydrogen) atoms. The Kier molecular flexibility index (Phi) is 3.14. The largest absolute Gasteiger partial charge is 0.496 e. The van der Waals surface area contributed by atoms with Gasteiger partial charge in [-0.3, -0.25) is 14.4 Å². The van der Waals surface area contributed by atoms with E-state index in [2.05, 4.69) is 0 Å². The van der Waals surface area contributed by atoms with Gasteiger partial charge in [-0.15, -0.1) is 0 Å². The number of carbonyl (C=O) groups is 3. The van der Waals surface area contributed by atoms with E-state index in [4.69, 9.17) is 4.74 Å². The molecule has 0 unspecified atom stereocenters. The zero-order chi connectivity index (χ0) is 13.3. The van der Waals surface area contributed by atoms with E-state index in [0.717, 1.165) is 10.5 Å². The molecule has 1 aromatic carbocycles. The highest BCUT2D eigenvalue weighted by Gasteiger charge is 2.32. The summed E-state index contributed by atoms with van der Waals surface area (Å²) in [6, 6.07) is 3.17. The molecule has 1 aliphatic heterocycles. The highest BCUT2D eigenvalue weighted by molar-refractivity contribution is 6.21. The molecular weight excluding hydrogens is 234 g/mol. The zero-order valence-electron chi connectivity index (χ0n) is 10.2. The molecule has 1 aromatic rings. The van der Waals surface area contributed by atoms with Gasteiger partial charge in [-0.1, -0.05) is 0 Å². The molecule has 5 nitrogen and oxygen atoms in total. The molecule has 1 saturated heterocycles. The fraction of sp³-hybridized carbons (Fsp3) is 0.308. The summed E-state index contributed by atoms with van der Waals surface area (Å²) in [6.07, 6.45) is 1.01. The van der Waals surface area contributed by atoms with E-state index in [-0.39, 0.29) is 30.2 Å². The number of hydrogen-bond acceptors (Lipinski definition) is 4. The molecule has 0 spiro atoms. The van der Waals surface area contributed by atoms with Crippen molar-refractivity contribution in [1.82, 2.24) is 0 Å². The van der Waals surface area contributed by atoms with E-state index >= 15 is 0 Å². The Hall–Kier alpha value is -2.17. The molecule has 0 aromatic heterocycles. The van der Waals surface area contributed by atoms with Crippen molar-refractivity contribution in [3.05, 3.63) is 23.3 Å². The molecule has 1 aliphatic rings. The molecule has 0 aliphatic carbocycles. The van der Waals surface area contributed by atoms with E-state index in [1.165, 1.54) is 13.2 Å². The molecule has 94 valence electrons. The highest BCUT2D eigenvalue weighted by Crippen LogP contribution is 2.31. The van der Waals surface area contributed by atoms with Crippen LogP contribution in [0.5, 0.6) is 5.75 Å². The normalized spacial score (nSPS) is 15.1. The minimum atomic E-state index is -0.271. The van der Waals surface area contributed by atoms with Gasteiger partial charge in [0, 0.05) is 18.4 Å². The van der Waals surface area contributed by atoms with Crippen LogP contribution in [0.3, 0.4) is 0 Å². The average molecular weight is 247 g/mol. The van der Waals surface area contributed by atoms with Gasteiger partial charge in [0.25, 0.3) is 0 Å². The number of benzene rings is 1. The average Bonchev–Trinajstić information content (AvgIpc) is 2.68. The minimum Gasteiger partial charge on any atom is -0.496 e. The molecule has 5 heteroatoms. The lowest BCUT2D eigenvalue weighted by molar-refractivity contribution is -0.121. The first kappa shape index (κ1) is 12.3. The maximum atomic E-state index is 11.7. The Bertz CT molecular complexity index is 520. The lowest BCUT2D eigenvalue weighted by Gasteiger charge is -2.18. The number of rotatable bonds is 3. The fourth-order valence-corrected chi connectivity index (χ4v) is 2.04. The Morgan fingerprint density at radius 3 is 2.33 bits per heavy atom. The number of aldehydes is 1. The monoisotopic (exact) mass is 247 g/mol. The van der Waals surface area contributed by atoms with E-state index < -0.39 is 0 Å². The third-order valence-electron chi connectivity index (χ3n) is 2.96. The predicted octanol–water partition coefficient (Wildman–Crippen LogP) is 1.47. The first-order valence-corrected chi connectivity index (χ1v) is 5.58. The van der Waals surface area contributed by atoms with Crippen LogP contribution in [0.2, 0.25) is 0 Å². The second-order valence-corrected chi connectivity index (χ2v) is 4.12. The van der Waals surface area contributed by atoms with E-state index in [1.54, 1.807) is 13.0 Å². The Balaban J connectivity index is 2.56. The van der Waals surface area contributed by atoms with Gasteiger partial charge in [0.05, 0.1) is 12.8 Å². The number of anilines is 1. The molecule has 0 N–H and O–H groups in total. The van der Waals surface area contributed by atoms with Crippen molar-refractivity contribution < 1.29 is 19.1 Å². The van der Waals surface area contributed by atoms with E-state index in [0.29, 0.717) is 17.7 Å². The standard InChI is InChI=1S/C13H13NO4/c1-8-5-10(9(7-15)6-11(8)18-2)14-12(16)3-4-13(14)17/h5-7H,3-4H2,1-2H3. The lowest BCUT2D eigenvalue weighted by Crippen LogP contribution is -2.29. The van der Waals surface area contributed by atoms with Crippen LogP contribution in [0.4, 0.5) is 5.69 Å². The summed E-state index contributed by atoms with van der Waals surface area (Å²) < 4.78 is 5.11. The summed E-state index contributed by atoms with van der Waals surface area (Å²) in [4.78, 5) is 35.5. The Labute approximate surface area is 104 Å². The summed E-state index contributed by atoms with van der Waals surface area (Å²) in [7, 11) is 1.50. The molecule has 2 amide bonds. The highest BCUT2D eigenvalue weighted by atomic mass is 16.5. The second-order valence-electron chi connectivity index (χ2n) is 4.12. The van der Waals surface area contributed by atoms with Crippen molar-refractivity contribution in [2.24, 2.45) is 0 Å². The van der Waals surface area contributed by atoms with Crippen LogP contribution in [0, 0.1) is 6.92 Å². The van der Waals surface area contributed by atoms with Crippen LogP contribution in [0.15, 0.2) is 12.1 Å². The number of ether oxygens (including phenoxy) is 1. The number of methoxy groups -OCH3 is 1. The van der Waals surface area contributed by atoms with Crippen LogP contribution < -0.4 is 9.64 Å². The molecule has 2 rings (SSSR count). The van der Waals surface area contributed by atoms with Crippen molar-refractivity contribution in [1.29, 1.82) is 0 Å². The first-order chi connectivity index (χ1) is 8.58. The van der Waals surface area contributed by atoms with Gasteiger partial charge in [0.2, 0.25) is 11.8 Å². The van der Waals surface area contributed by atoms with Crippen molar-refractivity contribution >= 4 is 23.8 Å². The van der Waals surface area contributed by atoms with Crippen molar-refractivity contribution in [3.63, 3.8) is 0 Å². The number of hydrogen-bond donors (Lipinski definition) is 0. The van der Waals surface area contributed by atoms with Crippen LogP contribution in [0.25, 0.3) is 0 Å². The maximum absolute atomic E-state index is 11.7. The quantitative estimate of drug-likeness (QED) is 0.599. The topological polar surface area (TPSA) is 63.7 Å². The Morgan fingerprint density at radius 2 is 1.83 bits per heavy atom. The smallest absolute Gasteiger partial charge is 0.234 e. The summed E-state index contributed by atoms with van der Waals surface area (Å²) in [6.45, 7) is 1.79. The van der Waals surface area contributed by atoms with Crippen LogP contribution in [-0.2, 0) is 9.59 Å². The fourth-order valence-electron chi connectivity index (χ4n) is 2.04. The van der Waals surface area contributed by atoms with E-state index in [1.807, 2.05) is 0 Å². The molecular formula is C13H13NO4. The van der Waals surface area contributed by atoms with Gasteiger partial charge in [-0.05, 0) is 24.6 Å². The maximum Gasteiger partial charge on any atom is 0.234 e. The molecule has 0 bridgehead atoms. The van der Waals surface area contributed by atoms with Gasteiger partial charge in [0.1, 0.15) is 5.75 Å². The number of nitrogens with zero attached hydrogens (tertiary/aromatic N) is 1. The lowest BCUT2D eigenvalue weighted by atomic mass is 10.1. The van der Waals surface area contributed by atoms with Crippen molar-refractivity contribution in [2.75, 3.05) is 12.0 Å². The SMILES string of the molecule is COc1cc(C=O)c(N2C(=O)CCC2=O)cc1C. The summed E-state index contributed by atoms with van der Waals surface area (Å²) in [5.74, 6) is 0.0141. The Morgan fingerprint density at radius 1 is 1.22 bits per heavy atom. The van der Waals surface area contributed by atoms with Crippen molar-refractivity contribution in [2.45, 2.75) is 19.8 Å². The first-order valence-electron chi connectivity index (χ1n) is 5.58. The minimum absolute atomic E-state index is 0.197. The zero-order valence-corrected chi connectivity index (χ0v) is 10.2. The summed E-state index contributed by atoms with van der Waals surface area (Å²) in [5.41, 5.74) is 1.39. The number of imide groups is 1. The van der Waals surface area contributed by atoms with Crippen LogP contribution in [0.1, 0.15) is 28.8 Å². The number of amides is 2. The van der Waals surface area contributed by atoms with Crippen LogP contribution >= 0.6 is 0 Å². The molecule has 0 saturated carbocycles. The van der Waals surface area contributed by atoms with Gasteiger partial charge in [0.15, 0.2) is 6.29 Å². The van der Waals surface area contributed by atoms with Gasteiger partial charge >= 0.3 is 0 Å². The molecule has 0 radical (unpaired) electrons. The van der Waals surface area contributed by atoms with Crippen molar-refractivity contribution in [3.8, 4) is 5.75 Å². The molecule has 1 fully saturated rings. The second kappa shape index (κ2) is 4.60. The van der Waals surface area contributed by atoms with Gasteiger partial charge in [-0.25, -0.2) is 4.90 Å². The number of carbonyl (C=O) groups excluding carboxylic acids is 3. The van der Waals surface area contributed by atoms with Gasteiger partial charge < -0.3 is 4.74 Å².